The fraction of sp³-hybridized carbons (Fsp3) is 0.100. The van der Waals surface area contributed by atoms with E-state index in [0.717, 1.165) is 5.56 Å². The highest BCUT2D eigenvalue weighted by Crippen LogP contribution is 2.77. The second kappa shape index (κ2) is 17.5. The van der Waals surface area contributed by atoms with E-state index >= 15 is 0 Å². The highest BCUT2D eigenvalue weighted by atomic mass is 31.3. The van der Waals surface area contributed by atoms with Crippen LogP contribution < -0.4 is 27.8 Å². The van der Waals surface area contributed by atoms with Crippen LogP contribution in [0.15, 0.2) is 180 Å². The van der Waals surface area contributed by atoms with Gasteiger partial charge in [0, 0.05) is 14.8 Å². The molecule has 0 radical (unpaired) electrons. The van der Waals surface area contributed by atoms with Crippen LogP contribution in [0.5, 0.6) is 34.5 Å². The monoisotopic (exact) mass is 779 g/mol. The van der Waals surface area contributed by atoms with Crippen molar-refractivity contribution >= 4 is 24.6 Å². The number of nitrogens with zero attached hydrogens (tertiary/aromatic N) is 3. The minimum atomic E-state index is -3.86. The van der Waals surface area contributed by atoms with E-state index < -0.39 is 24.6 Å². The van der Waals surface area contributed by atoms with Crippen LogP contribution in [-0.4, -0.2) is 28.5 Å². The molecule has 0 spiro atoms. The summed E-state index contributed by atoms with van der Waals surface area (Å²) in [7, 11) is -8.14. The van der Waals surface area contributed by atoms with Gasteiger partial charge in [-0.1, -0.05) is 109 Å². The van der Waals surface area contributed by atoms with E-state index in [4.69, 9.17) is 41.8 Å². The van der Waals surface area contributed by atoms with Gasteiger partial charge in [0.1, 0.15) is 40.6 Å². The smallest absolute Gasteiger partial charge is 0.440 e. The Labute approximate surface area is 316 Å². The summed E-state index contributed by atoms with van der Waals surface area (Å²) >= 11 is 0. The number of hydrogen-bond donors (Lipinski definition) is 0. The Morgan fingerprint density at radius 2 is 1.07 bits per heavy atom. The SMILES string of the molecule is c1ccc(ON2P(Oc3ccccc3)N=P(Oc3ccccc3)(Oc3ccccc3COCC3CO3)N(Oc3ccccc3)P2Oc2ccccc2)cc1. The van der Waals surface area contributed by atoms with Crippen molar-refractivity contribution in [1.82, 2.24) is 9.21 Å². The fourth-order valence-electron chi connectivity index (χ4n) is 5.02. The van der Waals surface area contributed by atoms with Crippen molar-refractivity contribution in [3.05, 3.63) is 181 Å². The minimum absolute atomic E-state index is 0.106. The lowest BCUT2D eigenvalue weighted by atomic mass is 10.2. The third-order valence-corrected chi connectivity index (χ3v) is 14.5. The standard InChI is InChI=1S/C40H36N3O8P3/c1-6-19-34(20-7-1)46-42-52(48-36-23-10-3-11-24-36)41-54(50-38-27-14-5-15-28-38,51-40-29-17-16-18-33(40)30-44-31-39-32-45-39)43(47-35-21-8-2-9-22-35)53(42)49-37-25-12-4-13-26-37/h1-29,39H,30-32H2. The third-order valence-electron chi connectivity index (χ3n) is 7.69. The lowest BCUT2D eigenvalue weighted by molar-refractivity contribution is 0.0543. The summed E-state index contributed by atoms with van der Waals surface area (Å²) in [4.78, 5) is 13.5. The summed E-state index contributed by atoms with van der Waals surface area (Å²) < 4.78 is 47.9. The topological polar surface area (TPSA) is 96.0 Å². The van der Waals surface area contributed by atoms with Crippen molar-refractivity contribution in [3.63, 3.8) is 0 Å². The molecule has 0 bridgehead atoms. The zero-order valence-corrected chi connectivity index (χ0v) is 31.6. The molecule has 274 valence electrons. The largest absolute Gasteiger partial charge is 0.447 e. The van der Waals surface area contributed by atoms with Crippen LogP contribution in [0.4, 0.5) is 0 Å². The van der Waals surface area contributed by atoms with Crippen LogP contribution in [0.1, 0.15) is 5.56 Å². The van der Waals surface area contributed by atoms with Crippen LogP contribution in [0, 0.1) is 0 Å². The van der Waals surface area contributed by atoms with E-state index in [1.165, 1.54) is 0 Å². The first kappa shape index (κ1) is 36.0. The number of hydrogen-bond acceptors (Lipinski definition) is 11. The molecule has 54 heavy (non-hydrogen) atoms. The average molecular weight is 780 g/mol. The fourth-order valence-corrected chi connectivity index (χ4v) is 12.6. The predicted octanol–water partition coefficient (Wildman–Crippen LogP) is 11.2. The van der Waals surface area contributed by atoms with E-state index in [1.54, 1.807) is 9.21 Å². The van der Waals surface area contributed by atoms with Crippen LogP contribution in [-0.2, 0) is 16.1 Å². The van der Waals surface area contributed by atoms with Gasteiger partial charge in [-0.3, -0.25) is 0 Å². The van der Waals surface area contributed by atoms with Crippen LogP contribution >= 0.6 is 24.6 Å². The molecule has 2 aliphatic rings. The Balaban J connectivity index is 1.33. The molecule has 6 aromatic rings. The first-order valence-corrected chi connectivity index (χ1v) is 21.0. The van der Waals surface area contributed by atoms with Gasteiger partial charge in [-0.2, -0.15) is 0 Å². The summed E-state index contributed by atoms with van der Waals surface area (Å²) in [6, 6.07) is 54.7. The molecule has 0 saturated carbocycles. The maximum Gasteiger partial charge on any atom is 0.447 e. The molecule has 0 aliphatic carbocycles. The van der Waals surface area contributed by atoms with Crippen molar-refractivity contribution in [1.29, 1.82) is 0 Å². The molecule has 4 unspecified atom stereocenters. The van der Waals surface area contributed by atoms with Gasteiger partial charge in [0.25, 0.3) is 0 Å². The number of para-hydroxylation sites is 6. The van der Waals surface area contributed by atoms with Crippen molar-refractivity contribution in [2.75, 3.05) is 13.2 Å². The Morgan fingerprint density at radius 1 is 0.574 bits per heavy atom. The molecule has 1 fully saturated rings. The molecule has 2 heterocycles. The van der Waals surface area contributed by atoms with Gasteiger partial charge in [-0.25, -0.2) is 0 Å². The first-order chi connectivity index (χ1) is 26.7. The highest BCUT2D eigenvalue weighted by Gasteiger charge is 2.58. The van der Waals surface area contributed by atoms with Gasteiger partial charge in [0.05, 0.1) is 19.8 Å². The maximum absolute atomic E-state index is 7.17. The minimum Gasteiger partial charge on any atom is -0.440 e. The Morgan fingerprint density at radius 3 is 1.67 bits per heavy atom. The summed E-state index contributed by atoms with van der Waals surface area (Å²) in [5.41, 5.74) is 0.786. The average Bonchev–Trinajstić information content (AvgIpc) is 4.05. The highest BCUT2D eigenvalue weighted by molar-refractivity contribution is 7.78. The molecule has 0 amide bonds. The quantitative estimate of drug-likeness (QED) is 0.0698. The molecular formula is C40H36N3O8P3. The molecular weight excluding hydrogens is 743 g/mol. The molecule has 1 saturated heterocycles. The van der Waals surface area contributed by atoms with Gasteiger partial charge in [-0.15, -0.1) is 4.52 Å². The van der Waals surface area contributed by atoms with Crippen molar-refractivity contribution in [3.8, 4) is 34.5 Å². The van der Waals surface area contributed by atoms with Crippen molar-refractivity contribution in [2.24, 2.45) is 4.52 Å². The molecule has 4 atom stereocenters. The zero-order valence-electron chi connectivity index (χ0n) is 28.9. The molecule has 6 aromatic carbocycles. The molecule has 14 heteroatoms. The van der Waals surface area contributed by atoms with E-state index in [0.29, 0.717) is 47.7 Å². The molecule has 0 N–H and O–H groups in total. The normalized spacial score (nSPS) is 20.9. The van der Waals surface area contributed by atoms with Gasteiger partial charge in [0.2, 0.25) is 0 Å². The van der Waals surface area contributed by atoms with Crippen molar-refractivity contribution < 1.29 is 37.2 Å². The Bertz CT molecular complexity index is 2120. The van der Waals surface area contributed by atoms with E-state index in [9.17, 15) is 0 Å². The first-order valence-electron chi connectivity index (χ1n) is 17.2. The molecule has 2 aliphatic heterocycles. The lowest BCUT2D eigenvalue weighted by Gasteiger charge is -2.43. The number of epoxide rings is 1. The predicted molar refractivity (Wildman–Crippen MR) is 209 cm³/mol. The number of ether oxygens (including phenoxy) is 2. The second-order valence-corrected chi connectivity index (χ2v) is 17.3. The van der Waals surface area contributed by atoms with E-state index in [1.807, 2.05) is 176 Å². The van der Waals surface area contributed by atoms with Crippen molar-refractivity contribution in [2.45, 2.75) is 12.7 Å². The molecule has 11 nitrogen and oxygen atoms in total. The Kier molecular flexibility index (Phi) is 11.7. The second-order valence-electron chi connectivity index (χ2n) is 11.8. The number of benzene rings is 6. The van der Waals surface area contributed by atoms with E-state index in [2.05, 4.69) is 0 Å². The molecule has 8 rings (SSSR count). The summed E-state index contributed by atoms with van der Waals surface area (Å²) in [5.74, 6) is 3.15. The number of rotatable bonds is 16. The summed E-state index contributed by atoms with van der Waals surface area (Å²) in [6.45, 7) is 1.44. The zero-order chi connectivity index (χ0) is 36.4. The third kappa shape index (κ3) is 9.22. The van der Waals surface area contributed by atoms with Gasteiger partial charge in [-0.05, 0) is 66.7 Å². The Hall–Kier alpha value is -4.95. The van der Waals surface area contributed by atoms with E-state index in [-0.39, 0.29) is 12.7 Å². The lowest BCUT2D eigenvalue weighted by Crippen LogP contribution is -2.37. The van der Waals surface area contributed by atoms with Crippen LogP contribution in [0.3, 0.4) is 0 Å². The van der Waals surface area contributed by atoms with Crippen LogP contribution in [0.25, 0.3) is 0 Å². The van der Waals surface area contributed by atoms with Gasteiger partial charge in [0.15, 0.2) is 0 Å². The van der Waals surface area contributed by atoms with Crippen LogP contribution in [0.2, 0.25) is 0 Å². The van der Waals surface area contributed by atoms with Gasteiger partial charge < -0.3 is 37.2 Å². The maximum atomic E-state index is 7.17. The summed E-state index contributed by atoms with van der Waals surface area (Å²) in [5, 5.41) is 0. The van der Waals surface area contributed by atoms with Gasteiger partial charge >= 0.3 is 24.6 Å². The summed E-state index contributed by atoms with van der Waals surface area (Å²) in [6.07, 6.45) is 0.106. The molecule has 0 aromatic heterocycles.